The van der Waals surface area contributed by atoms with Crippen LogP contribution in [0.1, 0.15) is 75.1 Å². The largest absolute Gasteiger partial charge is 0.481 e. The molecule has 0 aliphatic heterocycles. The number of fused-ring (bicyclic) bond motifs is 1. The van der Waals surface area contributed by atoms with Gasteiger partial charge in [-0.15, -0.1) is 0 Å². The number of benzene rings is 1. The number of aryl methyl sites for hydroxylation is 1. The maximum atomic E-state index is 12.6. The number of nitrogens with zero attached hydrogens (tertiary/aromatic N) is 1. The summed E-state index contributed by atoms with van der Waals surface area (Å²) in [6.45, 7) is 3.52. The first-order valence-electron chi connectivity index (χ1n) is 10.2. The zero-order chi connectivity index (χ0) is 19.5. The van der Waals surface area contributed by atoms with E-state index in [2.05, 4.69) is 12.2 Å². The Balaban J connectivity index is 1.87. The fourth-order valence-corrected chi connectivity index (χ4v) is 3.39. The molecule has 27 heavy (non-hydrogen) atoms. The topological polar surface area (TPSA) is 71.3 Å². The molecule has 5 nitrogen and oxygen atoms in total. The van der Waals surface area contributed by atoms with Crippen molar-refractivity contribution in [1.82, 2.24) is 9.88 Å². The van der Waals surface area contributed by atoms with Crippen LogP contribution in [-0.2, 0) is 11.3 Å². The molecule has 0 saturated carbocycles. The Morgan fingerprint density at radius 3 is 2.44 bits per heavy atom. The van der Waals surface area contributed by atoms with Crippen LogP contribution in [0.15, 0.2) is 30.5 Å². The predicted octanol–water partition coefficient (Wildman–Crippen LogP) is 4.99. The summed E-state index contributed by atoms with van der Waals surface area (Å²) in [6, 6.07) is 7.79. The third-order valence-electron chi connectivity index (χ3n) is 4.89. The standard InChI is InChI=1S/C22H32N2O3/c1-2-3-4-5-6-7-10-15-23-22(27)19-17-24(16-11-14-21(25)26)20-13-9-8-12-18(19)20/h8-9,12-13,17H,2-7,10-11,14-16H2,1H3,(H,23,27)(H,25,26). The Morgan fingerprint density at radius 2 is 1.70 bits per heavy atom. The lowest BCUT2D eigenvalue weighted by molar-refractivity contribution is -0.137. The Kier molecular flexibility index (Phi) is 8.89. The van der Waals surface area contributed by atoms with Gasteiger partial charge < -0.3 is 15.0 Å². The van der Waals surface area contributed by atoms with E-state index in [1.165, 1.54) is 32.1 Å². The lowest BCUT2D eigenvalue weighted by Crippen LogP contribution is -2.24. The van der Waals surface area contributed by atoms with Crippen molar-refractivity contribution in [3.05, 3.63) is 36.0 Å². The summed E-state index contributed by atoms with van der Waals surface area (Å²) in [6.07, 6.45) is 11.1. The van der Waals surface area contributed by atoms with Crippen LogP contribution >= 0.6 is 0 Å². The number of carbonyl (C=O) groups is 2. The number of para-hydroxylation sites is 1. The molecule has 148 valence electrons. The molecular formula is C22H32N2O3. The van der Waals surface area contributed by atoms with Crippen LogP contribution in [0.3, 0.4) is 0 Å². The molecule has 1 heterocycles. The quantitative estimate of drug-likeness (QED) is 0.487. The van der Waals surface area contributed by atoms with Gasteiger partial charge in [0.2, 0.25) is 0 Å². The number of aliphatic carboxylic acids is 1. The molecule has 0 unspecified atom stereocenters. The van der Waals surface area contributed by atoms with Crippen LogP contribution in [0, 0.1) is 0 Å². The Labute approximate surface area is 161 Å². The van der Waals surface area contributed by atoms with Crippen molar-refractivity contribution in [2.45, 2.75) is 71.3 Å². The fraction of sp³-hybridized carbons (Fsp3) is 0.545. The van der Waals surface area contributed by atoms with Gasteiger partial charge in [-0.25, -0.2) is 0 Å². The summed E-state index contributed by atoms with van der Waals surface area (Å²) in [5, 5.41) is 12.8. The first-order chi connectivity index (χ1) is 13.1. The molecule has 0 spiro atoms. The van der Waals surface area contributed by atoms with Gasteiger partial charge in [-0.3, -0.25) is 9.59 Å². The van der Waals surface area contributed by atoms with Gasteiger partial charge in [-0.1, -0.05) is 63.6 Å². The average Bonchev–Trinajstić information content (AvgIpc) is 3.02. The number of carboxylic acid groups (broad SMARTS) is 1. The molecule has 2 N–H and O–H groups in total. The molecule has 0 fully saturated rings. The minimum Gasteiger partial charge on any atom is -0.481 e. The summed E-state index contributed by atoms with van der Waals surface area (Å²) in [7, 11) is 0. The molecule has 0 atom stereocenters. The highest BCUT2D eigenvalue weighted by Crippen LogP contribution is 2.22. The van der Waals surface area contributed by atoms with E-state index in [1.54, 1.807) is 0 Å². The number of amides is 1. The van der Waals surface area contributed by atoms with E-state index in [-0.39, 0.29) is 12.3 Å². The van der Waals surface area contributed by atoms with Crippen molar-refractivity contribution in [2.24, 2.45) is 0 Å². The highest BCUT2D eigenvalue weighted by Gasteiger charge is 2.14. The first kappa shape index (κ1) is 21.0. The van der Waals surface area contributed by atoms with Gasteiger partial charge in [0.25, 0.3) is 5.91 Å². The monoisotopic (exact) mass is 372 g/mol. The van der Waals surface area contributed by atoms with E-state index in [0.717, 1.165) is 23.7 Å². The molecular weight excluding hydrogens is 340 g/mol. The van der Waals surface area contributed by atoms with Gasteiger partial charge in [-0.05, 0) is 18.9 Å². The maximum Gasteiger partial charge on any atom is 0.303 e. The Bertz CT molecular complexity index is 736. The Hall–Kier alpha value is -2.30. The summed E-state index contributed by atoms with van der Waals surface area (Å²) in [5.41, 5.74) is 1.65. The minimum atomic E-state index is -0.792. The SMILES string of the molecule is CCCCCCCCCNC(=O)c1cn(CCCC(=O)O)c2ccccc12. The van der Waals surface area contributed by atoms with Crippen molar-refractivity contribution >= 4 is 22.8 Å². The molecule has 0 aliphatic rings. The molecule has 2 rings (SSSR count). The number of carbonyl (C=O) groups excluding carboxylic acids is 1. The highest BCUT2D eigenvalue weighted by molar-refractivity contribution is 6.07. The normalized spacial score (nSPS) is 11.0. The van der Waals surface area contributed by atoms with E-state index in [1.807, 2.05) is 35.0 Å². The van der Waals surface area contributed by atoms with Crippen molar-refractivity contribution in [2.75, 3.05) is 6.54 Å². The second-order valence-electron chi connectivity index (χ2n) is 7.13. The summed E-state index contributed by atoms with van der Waals surface area (Å²) < 4.78 is 1.99. The molecule has 0 radical (unpaired) electrons. The summed E-state index contributed by atoms with van der Waals surface area (Å²) >= 11 is 0. The molecule has 0 bridgehead atoms. The molecule has 1 aromatic carbocycles. The van der Waals surface area contributed by atoms with E-state index in [9.17, 15) is 9.59 Å². The fourth-order valence-electron chi connectivity index (χ4n) is 3.39. The van der Waals surface area contributed by atoms with Gasteiger partial charge in [0.15, 0.2) is 0 Å². The van der Waals surface area contributed by atoms with E-state index < -0.39 is 5.97 Å². The minimum absolute atomic E-state index is 0.0471. The predicted molar refractivity (Wildman–Crippen MR) is 109 cm³/mol. The zero-order valence-electron chi connectivity index (χ0n) is 16.4. The van der Waals surface area contributed by atoms with Crippen LogP contribution in [0.5, 0.6) is 0 Å². The van der Waals surface area contributed by atoms with Crippen LogP contribution in [0.25, 0.3) is 10.9 Å². The van der Waals surface area contributed by atoms with Crippen molar-refractivity contribution in [1.29, 1.82) is 0 Å². The number of aromatic nitrogens is 1. The third kappa shape index (κ3) is 6.74. The number of carboxylic acids is 1. The number of nitrogens with one attached hydrogen (secondary N) is 1. The van der Waals surface area contributed by atoms with Crippen LogP contribution in [0.2, 0.25) is 0 Å². The second-order valence-corrected chi connectivity index (χ2v) is 7.13. The van der Waals surface area contributed by atoms with Crippen LogP contribution in [0.4, 0.5) is 0 Å². The van der Waals surface area contributed by atoms with Gasteiger partial charge in [0.05, 0.1) is 5.56 Å². The molecule has 1 amide bonds. The number of hydrogen-bond donors (Lipinski definition) is 2. The second kappa shape index (κ2) is 11.4. The molecule has 0 aliphatic carbocycles. The van der Waals surface area contributed by atoms with E-state index >= 15 is 0 Å². The van der Waals surface area contributed by atoms with Crippen molar-refractivity contribution < 1.29 is 14.7 Å². The number of rotatable bonds is 13. The molecule has 1 aromatic heterocycles. The van der Waals surface area contributed by atoms with Crippen LogP contribution < -0.4 is 5.32 Å². The van der Waals surface area contributed by atoms with E-state index in [0.29, 0.717) is 25.1 Å². The first-order valence-corrected chi connectivity index (χ1v) is 10.2. The summed E-state index contributed by atoms with van der Waals surface area (Å²) in [5.74, 6) is -0.840. The van der Waals surface area contributed by atoms with Crippen LogP contribution in [-0.4, -0.2) is 28.1 Å². The lowest BCUT2D eigenvalue weighted by atomic mass is 10.1. The van der Waals surface area contributed by atoms with Crippen molar-refractivity contribution in [3.8, 4) is 0 Å². The molecule has 5 heteroatoms. The third-order valence-corrected chi connectivity index (χ3v) is 4.89. The molecule has 0 saturated heterocycles. The molecule has 2 aromatic rings. The van der Waals surface area contributed by atoms with Crippen molar-refractivity contribution in [3.63, 3.8) is 0 Å². The summed E-state index contributed by atoms with van der Waals surface area (Å²) in [4.78, 5) is 23.3. The van der Waals surface area contributed by atoms with E-state index in [4.69, 9.17) is 5.11 Å². The number of hydrogen-bond acceptors (Lipinski definition) is 2. The Morgan fingerprint density at radius 1 is 1.00 bits per heavy atom. The lowest BCUT2D eigenvalue weighted by Gasteiger charge is -2.05. The highest BCUT2D eigenvalue weighted by atomic mass is 16.4. The smallest absolute Gasteiger partial charge is 0.303 e. The van der Waals surface area contributed by atoms with Gasteiger partial charge >= 0.3 is 5.97 Å². The zero-order valence-corrected chi connectivity index (χ0v) is 16.4. The van der Waals surface area contributed by atoms with Gasteiger partial charge in [-0.2, -0.15) is 0 Å². The maximum absolute atomic E-state index is 12.6. The van der Waals surface area contributed by atoms with Gasteiger partial charge in [0, 0.05) is 36.6 Å². The average molecular weight is 373 g/mol. The van der Waals surface area contributed by atoms with Gasteiger partial charge in [0.1, 0.15) is 0 Å². The number of unbranched alkanes of at least 4 members (excludes halogenated alkanes) is 6.